The summed E-state index contributed by atoms with van der Waals surface area (Å²) in [6, 6.07) is 6.31. The number of Topliss-reactive ketones (excluding diaryl/α,β-unsaturated/α-hetero) is 1. The predicted octanol–water partition coefficient (Wildman–Crippen LogP) is 1.28. The highest BCUT2D eigenvalue weighted by atomic mass is 16.4. The number of carboxylic acid groups (broad SMARTS) is 1. The van der Waals surface area contributed by atoms with Crippen LogP contribution in [-0.2, 0) is 9.59 Å². The first-order valence-electron chi connectivity index (χ1n) is 8.16. The number of piperidine rings is 1. The number of carbonyl (C=O) groups is 4. The molecule has 25 heavy (non-hydrogen) atoms. The van der Waals surface area contributed by atoms with Crippen LogP contribution in [0.2, 0.25) is 0 Å². The normalized spacial score (nSPS) is 14.9. The van der Waals surface area contributed by atoms with Gasteiger partial charge in [-0.05, 0) is 31.9 Å². The summed E-state index contributed by atoms with van der Waals surface area (Å²) >= 11 is 0. The Hall–Kier alpha value is -2.70. The van der Waals surface area contributed by atoms with Gasteiger partial charge in [-0.25, -0.2) is 0 Å². The van der Waals surface area contributed by atoms with Crippen LogP contribution in [0.15, 0.2) is 24.3 Å². The Labute approximate surface area is 146 Å². The average Bonchev–Trinajstić information content (AvgIpc) is 2.61. The summed E-state index contributed by atoms with van der Waals surface area (Å²) in [7, 11) is 1.54. The van der Waals surface area contributed by atoms with E-state index >= 15 is 0 Å². The molecule has 0 bridgehead atoms. The van der Waals surface area contributed by atoms with Crippen molar-refractivity contribution in [2.75, 3.05) is 26.7 Å². The molecule has 1 aromatic rings. The Morgan fingerprint density at radius 1 is 1.08 bits per heavy atom. The van der Waals surface area contributed by atoms with E-state index in [2.05, 4.69) is 0 Å². The average molecular weight is 346 g/mol. The monoisotopic (exact) mass is 346 g/mol. The van der Waals surface area contributed by atoms with Crippen LogP contribution in [-0.4, -0.2) is 65.2 Å². The van der Waals surface area contributed by atoms with Crippen molar-refractivity contribution < 1.29 is 24.3 Å². The number of ketones is 1. The molecule has 0 unspecified atom stereocenters. The second-order valence-electron chi connectivity index (χ2n) is 6.29. The van der Waals surface area contributed by atoms with Crippen molar-refractivity contribution in [2.45, 2.75) is 19.8 Å². The minimum absolute atomic E-state index is 0.0645. The van der Waals surface area contributed by atoms with Crippen molar-refractivity contribution in [1.82, 2.24) is 9.80 Å². The lowest BCUT2D eigenvalue weighted by molar-refractivity contribution is -0.145. The molecule has 2 amide bonds. The summed E-state index contributed by atoms with van der Waals surface area (Å²) in [5.74, 6) is -1.80. The molecule has 1 aromatic carbocycles. The zero-order valence-electron chi connectivity index (χ0n) is 14.4. The van der Waals surface area contributed by atoms with E-state index in [0.717, 1.165) is 0 Å². The third kappa shape index (κ3) is 4.65. The van der Waals surface area contributed by atoms with Crippen LogP contribution in [0.25, 0.3) is 0 Å². The van der Waals surface area contributed by atoms with Gasteiger partial charge in [0.05, 0.1) is 12.5 Å². The molecule has 0 aromatic heterocycles. The Kier molecular flexibility index (Phi) is 5.90. The van der Waals surface area contributed by atoms with Gasteiger partial charge in [0.15, 0.2) is 5.78 Å². The number of carboxylic acids is 1. The Balaban J connectivity index is 1.91. The van der Waals surface area contributed by atoms with Crippen molar-refractivity contribution in [3.05, 3.63) is 35.4 Å². The van der Waals surface area contributed by atoms with Gasteiger partial charge in [0.25, 0.3) is 5.91 Å². The molecule has 1 heterocycles. The number of likely N-dealkylation sites (tertiary alicyclic amines) is 1. The van der Waals surface area contributed by atoms with E-state index < -0.39 is 11.9 Å². The smallest absolute Gasteiger partial charge is 0.306 e. The van der Waals surface area contributed by atoms with E-state index in [1.54, 1.807) is 36.2 Å². The topological polar surface area (TPSA) is 95.0 Å². The summed E-state index contributed by atoms with van der Waals surface area (Å²) in [6.45, 7) is 2.18. The minimum atomic E-state index is -0.826. The van der Waals surface area contributed by atoms with Gasteiger partial charge in [0, 0.05) is 31.3 Å². The maximum Gasteiger partial charge on any atom is 0.306 e. The molecule has 0 radical (unpaired) electrons. The maximum absolute atomic E-state index is 12.4. The van der Waals surface area contributed by atoms with E-state index in [-0.39, 0.29) is 24.1 Å². The van der Waals surface area contributed by atoms with Crippen LogP contribution in [0.3, 0.4) is 0 Å². The fourth-order valence-electron chi connectivity index (χ4n) is 2.82. The largest absolute Gasteiger partial charge is 0.481 e. The highest BCUT2D eigenvalue weighted by molar-refractivity contribution is 5.98. The van der Waals surface area contributed by atoms with Crippen molar-refractivity contribution in [2.24, 2.45) is 5.92 Å². The molecule has 0 atom stereocenters. The van der Waals surface area contributed by atoms with Crippen molar-refractivity contribution in [1.29, 1.82) is 0 Å². The number of carbonyl (C=O) groups excluding carboxylic acids is 3. The molecule has 0 aliphatic carbocycles. The van der Waals surface area contributed by atoms with Gasteiger partial charge in [-0.1, -0.05) is 12.1 Å². The first kappa shape index (κ1) is 18.6. The van der Waals surface area contributed by atoms with Gasteiger partial charge in [-0.3, -0.25) is 19.2 Å². The number of benzene rings is 1. The molecule has 134 valence electrons. The fraction of sp³-hybridized carbons (Fsp3) is 0.444. The maximum atomic E-state index is 12.4. The van der Waals surface area contributed by atoms with Gasteiger partial charge < -0.3 is 14.9 Å². The fourth-order valence-corrected chi connectivity index (χ4v) is 2.82. The van der Waals surface area contributed by atoms with Gasteiger partial charge in [0.2, 0.25) is 5.91 Å². The third-order valence-corrected chi connectivity index (χ3v) is 4.45. The SMILES string of the molecule is CC(=O)c1ccc(C(=O)N(C)CC(=O)N2CCC(C(=O)O)CC2)cc1. The Morgan fingerprint density at radius 3 is 2.08 bits per heavy atom. The van der Waals surface area contributed by atoms with Gasteiger partial charge in [-0.15, -0.1) is 0 Å². The first-order valence-corrected chi connectivity index (χ1v) is 8.16. The molecule has 1 saturated heterocycles. The molecule has 1 aliphatic heterocycles. The van der Waals surface area contributed by atoms with E-state index in [4.69, 9.17) is 5.11 Å². The van der Waals surface area contributed by atoms with Crippen LogP contribution in [0.4, 0.5) is 0 Å². The van der Waals surface area contributed by atoms with E-state index in [0.29, 0.717) is 37.1 Å². The van der Waals surface area contributed by atoms with Crippen LogP contribution in [0.5, 0.6) is 0 Å². The van der Waals surface area contributed by atoms with Crippen molar-refractivity contribution in [3.8, 4) is 0 Å². The van der Waals surface area contributed by atoms with Crippen molar-refractivity contribution in [3.63, 3.8) is 0 Å². The molecule has 7 nitrogen and oxygen atoms in total. The molecule has 1 fully saturated rings. The third-order valence-electron chi connectivity index (χ3n) is 4.45. The standard InChI is InChI=1S/C18H22N2O5/c1-12(21)13-3-5-14(6-4-13)17(23)19(2)11-16(22)20-9-7-15(8-10-20)18(24)25/h3-6,15H,7-11H2,1-2H3,(H,24,25). The summed E-state index contributed by atoms with van der Waals surface area (Å²) in [6.07, 6.45) is 0.872. The second kappa shape index (κ2) is 7.92. The minimum Gasteiger partial charge on any atom is -0.481 e. The Bertz CT molecular complexity index is 675. The summed E-state index contributed by atoms with van der Waals surface area (Å²) in [5, 5.41) is 8.98. The highest BCUT2D eigenvalue weighted by Gasteiger charge is 2.28. The van der Waals surface area contributed by atoms with Crippen LogP contribution in [0, 0.1) is 5.92 Å². The summed E-state index contributed by atoms with van der Waals surface area (Å²) in [4.78, 5) is 49.8. The summed E-state index contributed by atoms with van der Waals surface area (Å²) in [5.41, 5.74) is 0.932. The lowest BCUT2D eigenvalue weighted by Gasteiger charge is -2.31. The van der Waals surface area contributed by atoms with Crippen LogP contribution in [0.1, 0.15) is 40.5 Å². The zero-order chi connectivity index (χ0) is 18.6. The lowest BCUT2D eigenvalue weighted by Crippen LogP contribution is -2.45. The first-order chi connectivity index (χ1) is 11.8. The quantitative estimate of drug-likeness (QED) is 0.811. The molecular weight excluding hydrogens is 324 g/mol. The lowest BCUT2D eigenvalue weighted by atomic mass is 9.97. The number of nitrogens with zero attached hydrogens (tertiary/aromatic N) is 2. The molecule has 2 rings (SSSR count). The number of amides is 2. The van der Waals surface area contributed by atoms with Crippen LogP contribution >= 0.6 is 0 Å². The number of aliphatic carboxylic acids is 1. The molecule has 0 saturated carbocycles. The second-order valence-corrected chi connectivity index (χ2v) is 6.29. The zero-order valence-corrected chi connectivity index (χ0v) is 14.4. The number of hydrogen-bond donors (Lipinski definition) is 1. The molecule has 7 heteroatoms. The molecule has 0 spiro atoms. The number of rotatable bonds is 5. The van der Waals surface area contributed by atoms with Crippen molar-refractivity contribution >= 4 is 23.6 Å². The summed E-state index contributed by atoms with van der Waals surface area (Å²) < 4.78 is 0. The number of hydrogen-bond acceptors (Lipinski definition) is 4. The predicted molar refractivity (Wildman–Crippen MR) is 90.3 cm³/mol. The van der Waals surface area contributed by atoms with E-state index in [9.17, 15) is 19.2 Å². The van der Waals surface area contributed by atoms with Gasteiger partial charge >= 0.3 is 5.97 Å². The molecule has 1 aliphatic rings. The molecule has 1 N–H and O–H groups in total. The molecular formula is C18H22N2O5. The Morgan fingerprint density at radius 2 is 1.60 bits per heavy atom. The van der Waals surface area contributed by atoms with E-state index in [1.165, 1.54) is 11.8 Å². The van der Waals surface area contributed by atoms with E-state index in [1.807, 2.05) is 0 Å². The highest BCUT2D eigenvalue weighted by Crippen LogP contribution is 2.17. The van der Waals surface area contributed by atoms with Gasteiger partial charge in [0.1, 0.15) is 0 Å². The number of likely N-dealkylation sites (N-methyl/N-ethyl adjacent to an activating group) is 1. The van der Waals surface area contributed by atoms with Crippen LogP contribution < -0.4 is 0 Å². The van der Waals surface area contributed by atoms with Gasteiger partial charge in [-0.2, -0.15) is 0 Å².